The molecule has 3 N–H and O–H groups in total. The fraction of sp³-hybridized carbons (Fsp3) is 0.458. The van der Waals surface area contributed by atoms with Crippen molar-refractivity contribution >= 4 is 33.3 Å². The maximum absolute atomic E-state index is 11.3. The lowest BCUT2D eigenvalue weighted by molar-refractivity contribution is 0.1000. The molecule has 1 amide bonds. The lowest BCUT2D eigenvalue weighted by Crippen LogP contribution is -2.38. The van der Waals surface area contributed by atoms with Crippen molar-refractivity contribution in [2.45, 2.75) is 63.6 Å². The highest BCUT2D eigenvalue weighted by atomic mass is 32.1. The van der Waals surface area contributed by atoms with Crippen LogP contribution in [0.15, 0.2) is 30.6 Å². The van der Waals surface area contributed by atoms with E-state index < -0.39 is 0 Å². The summed E-state index contributed by atoms with van der Waals surface area (Å²) in [6.07, 6.45) is 9.95. The van der Waals surface area contributed by atoms with Crippen molar-refractivity contribution in [1.29, 1.82) is 0 Å². The van der Waals surface area contributed by atoms with Crippen molar-refractivity contribution in [3.8, 4) is 0 Å². The molecule has 0 bridgehead atoms. The third-order valence-corrected chi connectivity index (χ3v) is 8.03. The van der Waals surface area contributed by atoms with Gasteiger partial charge in [0.05, 0.1) is 5.39 Å². The van der Waals surface area contributed by atoms with Gasteiger partial charge in [0.25, 0.3) is 0 Å². The van der Waals surface area contributed by atoms with Crippen LogP contribution >= 0.6 is 11.3 Å². The third-order valence-electron chi connectivity index (χ3n) is 6.83. The van der Waals surface area contributed by atoms with Gasteiger partial charge in [-0.1, -0.05) is 12.1 Å². The van der Waals surface area contributed by atoms with Gasteiger partial charge in [-0.2, -0.15) is 0 Å². The highest BCUT2D eigenvalue weighted by molar-refractivity contribution is 7.19. The number of primary amides is 1. The molecule has 1 aromatic carbocycles. The number of nitrogens with zero attached hydrogens (tertiary/aromatic N) is 3. The van der Waals surface area contributed by atoms with E-state index in [1.807, 2.05) is 35.6 Å². The Hall–Kier alpha value is -2.51. The van der Waals surface area contributed by atoms with E-state index in [0.717, 1.165) is 36.5 Å². The number of thiophene rings is 1. The van der Waals surface area contributed by atoms with Gasteiger partial charge in [-0.3, -0.25) is 9.69 Å². The first kappa shape index (κ1) is 20.4. The van der Waals surface area contributed by atoms with Gasteiger partial charge < -0.3 is 11.1 Å². The van der Waals surface area contributed by atoms with E-state index in [1.165, 1.54) is 47.1 Å². The fourth-order valence-corrected chi connectivity index (χ4v) is 6.31. The van der Waals surface area contributed by atoms with Crippen molar-refractivity contribution < 1.29 is 4.79 Å². The summed E-state index contributed by atoms with van der Waals surface area (Å²) >= 11 is 1.85. The highest BCUT2D eigenvalue weighted by Gasteiger charge is 2.26. The fourth-order valence-electron chi connectivity index (χ4n) is 5.08. The number of amides is 1. The number of rotatable bonds is 6. The summed E-state index contributed by atoms with van der Waals surface area (Å²) in [5.41, 5.74) is 8.60. The van der Waals surface area contributed by atoms with Crippen LogP contribution in [0, 0.1) is 0 Å². The predicted molar refractivity (Wildman–Crippen MR) is 126 cm³/mol. The lowest BCUT2D eigenvalue weighted by Gasteiger charge is -2.35. The molecule has 1 saturated carbocycles. The molecule has 0 radical (unpaired) electrons. The van der Waals surface area contributed by atoms with Crippen LogP contribution in [-0.2, 0) is 19.4 Å². The van der Waals surface area contributed by atoms with Crippen molar-refractivity contribution in [2.75, 3.05) is 12.4 Å². The Labute approximate surface area is 186 Å². The molecule has 7 heteroatoms. The first-order valence-corrected chi connectivity index (χ1v) is 12.0. The molecule has 2 aromatic heterocycles. The van der Waals surface area contributed by atoms with Crippen molar-refractivity contribution in [3.63, 3.8) is 0 Å². The zero-order valence-electron chi connectivity index (χ0n) is 17.9. The first-order chi connectivity index (χ1) is 15.1. The number of anilines is 1. The Morgan fingerprint density at radius 2 is 1.94 bits per heavy atom. The van der Waals surface area contributed by atoms with E-state index in [9.17, 15) is 4.79 Å². The largest absolute Gasteiger partial charge is 0.367 e. The molecule has 2 heterocycles. The van der Waals surface area contributed by atoms with Gasteiger partial charge in [0.1, 0.15) is 17.0 Å². The van der Waals surface area contributed by atoms with Crippen LogP contribution in [-0.4, -0.2) is 39.9 Å². The topological polar surface area (TPSA) is 84.1 Å². The minimum atomic E-state index is -0.376. The second kappa shape index (κ2) is 8.55. The van der Waals surface area contributed by atoms with Gasteiger partial charge in [0.2, 0.25) is 5.91 Å². The SMILES string of the molecule is CN(Cc1ccc(C(N)=O)cc1)[C@H]1CC[C@H](Nc2ncnc3sc4c(c23)CCC4)CC1. The van der Waals surface area contributed by atoms with E-state index in [1.54, 1.807) is 6.33 Å². The maximum Gasteiger partial charge on any atom is 0.248 e. The zero-order chi connectivity index (χ0) is 21.4. The number of carbonyl (C=O) groups excluding carboxylic acids is 1. The van der Waals surface area contributed by atoms with Crippen LogP contribution < -0.4 is 11.1 Å². The Balaban J connectivity index is 1.19. The number of nitrogens with two attached hydrogens (primary N) is 1. The van der Waals surface area contributed by atoms with Crippen LogP contribution in [0.5, 0.6) is 0 Å². The van der Waals surface area contributed by atoms with Gasteiger partial charge in [-0.15, -0.1) is 11.3 Å². The molecular weight excluding hydrogens is 406 g/mol. The molecular formula is C24H29N5OS. The standard InChI is InChI=1S/C24H29N5OS/c1-29(13-15-5-7-16(8-6-15)22(25)30)18-11-9-17(10-12-18)28-23-21-19-3-2-4-20(19)31-24(21)27-14-26-23/h5-8,14,17-18H,2-4,9-13H2,1H3,(H2,25,30)(H,26,27,28)/t17-,18-. The van der Waals surface area contributed by atoms with Crippen LogP contribution in [0.1, 0.15) is 58.5 Å². The van der Waals surface area contributed by atoms with Crippen molar-refractivity contribution in [3.05, 3.63) is 52.2 Å². The maximum atomic E-state index is 11.3. The second-order valence-corrected chi connectivity index (χ2v) is 9.97. The van der Waals surface area contributed by atoms with E-state index in [0.29, 0.717) is 17.6 Å². The first-order valence-electron chi connectivity index (χ1n) is 11.2. The van der Waals surface area contributed by atoms with Gasteiger partial charge >= 0.3 is 0 Å². The monoisotopic (exact) mass is 435 g/mol. The molecule has 1 fully saturated rings. The summed E-state index contributed by atoms with van der Waals surface area (Å²) in [5, 5.41) is 5.04. The normalized spacial score (nSPS) is 20.8. The Morgan fingerprint density at radius 1 is 1.16 bits per heavy atom. The highest BCUT2D eigenvalue weighted by Crippen LogP contribution is 2.39. The molecule has 31 heavy (non-hydrogen) atoms. The van der Waals surface area contributed by atoms with Crippen LogP contribution in [0.3, 0.4) is 0 Å². The minimum absolute atomic E-state index is 0.376. The summed E-state index contributed by atoms with van der Waals surface area (Å²) < 4.78 is 0. The quantitative estimate of drug-likeness (QED) is 0.608. The number of aromatic nitrogens is 2. The number of carbonyl (C=O) groups is 1. The Kier molecular flexibility index (Phi) is 5.63. The molecule has 0 atom stereocenters. The molecule has 0 saturated heterocycles. The van der Waals surface area contributed by atoms with E-state index in [2.05, 4.69) is 27.2 Å². The number of hydrogen-bond acceptors (Lipinski definition) is 6. The number of fused-ring (bicyclic) bond motifs is 3. The van der Waals surface area contributed by atoms with Gasteiger partial charge in [-0.05, 0) is 75.3 Å². The average Bonchev–Trinajstić information content (AvgIpc) is 3.36. The molecule has 3 aromatic rings. The van der Waals surface area contributed by atoms with Crippen LogP contribution in [0.25, 0.3) is 10.2 Å². The summed E-state index contributed by atoms with van der Waals surface area (Å²) in [6.45, 7) is 0.884. The molecule has 6 nitrogen and oxygen atoms in total. The van der Waals surface area contributed by atoms with E-state index in [-0.39, 0.29) is 5.91 Å². The number of benzene rings is 1. The number of aryl methyl sites for hydroxylation is 2. The smallest absolute Gasteiger partial charge is 0.248 e. The molecule has 2 aliphatic carbocycles. The third kappa shape index (κ3) is 4.16. The minimum Gasteiger partial charge on any atom is -0.367 e. The summed E-state index contributed by atoms with van der Waals surface area (Å²) in [4.78, 5) is 25.5. The van der Waals surface area contributed by atoms with Crippen LogP contribution in [0.2, 0.25) is 0 Å². The number of hydrogen-bond donors (Lipinski definition) is 2. The Bertz CT molecular complexity index is 1090. The molecule has 162 valence electrons. The molecule has 0 aliphatic heterocycles. The van der Waals surface area contributed by atoms with E-state index in [4.69, 9.17) is 5.73 Å². The van der Waals surface area contributed by atoms with Gasteiger partial charge in [0, 0.05) is 29.1 Å². The summed E-state index contributed by atoms with van der Waals surface area (Å²) in [7, 11) is 2.20. The van der Waals surface area contributed by atoms with Crippen molar-refractivity contribution in [2.24, 2.45) is 5.73 Å². The Morgan fingerprint density at radius 3 is 2.68 bits per heavy atom. The number of nitrogens with one attached hydrogen (secondary N) is 1. The average molecular weight is 436 g/mol. The second-order valence-electron chi connectivity index (χ2n) is 8.89. The molecule has 2 aliphatic rings. The zero-order valence-corrected chi connectivity index (χ0v) is 18.8. The molecule has 0 spiro atoms. The predicted octanol–water partition coefficient (Wildman–Crippen LogP) is 4.13. The lowest BCUT2D eigenvalue weighted by atomic mass is 9.90. The summed E-state index contributed by atoms with van der Waals surface area (Å²) in [5.74, 6) is 0.662. The van der Waals surface area contributed by atoms with Crippen molar-refractivity contribution in [1.82, 2.24) is 14.9 Å². The van der Waals surface area contributed by atoms with E-state index >= 15 is 0 Å². The summed E-state index contributed by atoms with van der Waals surface area (Å²) in [6, 6.07) is 8.68. The van der Waals surface area contributed by atoms with Gasteiger partial charge in [0.15, 0.2) is 0 Å². The van der Waals surface area contributed by atoms with Gasteiger partial charge in [-0.25, -0.2) is 9.97 Å². The molecule has 0 unspecified atom stereocenters. The van der Waals surface area contributed by atoms with Crippen LogP contribution in [0.4, 0.5) is 5.82 Å². The molecule has 5 rings (SSSR count).